The summed E-state index contributed by atoms with van der Waals surface area (Å²) in [4.78, 5) is 68.5. The van der Waals surface area contributed by atoms with Gasteiger partial charge in [-0.25, -0.2) is 14.6 Å². The number of carbonyl (C=O) groups excluding carboxylic acids is 4. The molecule has 2 atom stereocenters. The Morgan fingerprint density at radius 1 is 1.32 bits per heavy atom. The van der Waals surface area contributed by atoms with E-state index in [2.05, 4.69) is 15.6 Å². The lowest BCUT2D eigenvalue weighted by molar-refractivity contribution is -0.153. The zero-order valence-electron chi connectivity index (χ0n) is 19.8. The van der Waals surface area contributed by atoms with E-state index in [0.29, 0.717) is 17.0 Å². The molecule has 1 aromatic heterocycles. The maximum Gasteiger partial charge on any atom is 0.547 e. The second-order valence-corrected chi connectivity index (χ2v) is 9.68. The molecule has 0 radical (unpaired) electrons. The SMILES string of the molecule is CCN1CCN(C(=O)NC(C(=O)N[C@H]2Cc3ccc(Cl)c(C(=O)O)c3OB2O)c2csc(N)n2)C(=O)C1=O. The van der Waals surface area contributed by atoms with Gasteiger partial charge in [-0.3, -0.25) is 19.3 Å². The molecule has 5 amide bonds. The Labute approximate surface area is 224 Å². The minimum atomic E-state index is -1.65. The first kappa shape index (κ1) is 27.2. The smallest absolute Gasteiger partial charge is 0.534 e. The second kappa shape index (κ2) is 10.8. The van der Waals surface area contributed by atoms with Gasteiger partial charge in [-0.1, -0.05) is 17.7 Å². The van der Waals surface area contributed by atoms with E-state index in [1.165, 1.54) is 22.4 Å². The minimum absolute atomic E-state index is 0.0223. The van der Waals surface area contributed by atoms with Gasteiger partial charge in [0.2, 0.25) is 5.91 Å². The molecule has 4 rings (SSSR count). The fourth-order valence-electron chi connectivity index (χ4n) is 4.10. The van der Waals surface area contributed by atoms with E-state index < -0.39 is 48.8 Å². The maximum atomic E-state index is 13.3. The van der Waals surface area contributed by atoms with Crippen LogP contribution in [-0.4, -0.2) is 87.3 Å². The number of halogens is 1. The molecular formula is C21H22BClN6O8S. The molecule has 200 valence electrons. The van der Waals surface area contributed by atoms with Gasteiger partial charge in [0.05, 0.1) is 16.7 Å². The van der Waals surface area contributed by atoms with E-state index >= 15 is 0 Å². The summed E-state index contributed by atoms with van der Waals surface area (Å²) in [5.74, 6) is -5.21. The molecule has 14 nitrogen and oxygen atoms in total. The van der Waals surface area contributed by atoms with Gasteiger partial charge in [-0.2, -0.15) is 0 Å². The third-order valence-corrected chi connectivity index (χ3v) is 7.06. The first-order valence-corrected chi connectivity index (χ1v) is 12.6. The fourth-order valence-corrected chi connectivity index (χ4v) is 4.92. The Morgan fingerprint density at radius 3 is 2.68 bits per heavy atom. The summed E-state index contributed by atoms with van der Waals surface area (Å²) < 4.78 is 5.39. The van der Waals surface area contributed by atoms with Crippen molar-refractivity contribution in [3.05, 3.63) is 39.4 Å². The number of likely N-dealkylation sites (N-methyl/N-ethyl adjacent to an activating group) is 1. The number of thiazole rings is 1. The summed E-state index contributed by atoms with van der Waals surface area (Å²) in [7, 11) is -1.65. The van der Waals surface area contributed by atoms with Crippen molar-refractivity contribution in [2.45, 2.75) is 25.3 Å². The van der Waals surface area contributed by atoms with Crippen molar-refractivity contribution in [2.24, 2.45) is 0 Å². The number of hydrogen-bond acceptors (Lipinski definition) is 10. The van der Waals surface area contributed by atoms with E-state index in [9.17, 15) is 34.1 Å². The number of rotatable bonds is 6. The zero-order valence-corrected chi connectivity index (χ0v) is 21.4. The number of hydrogen-bond donors (Lipinski definition) is 5. The van der Waals surface area contributed by atoms with Crippen LogP contribution in [0.4, 0.5) is 9.93 Å². The Kier molecular flexibility index (Phi) is 7.75. The van der Waals surface area contributed by atoms with Crippen molar-refractivity contribution in [3.63, 3.8) is 0 Å². The van der Waals surface area contributed by atoms with Crippen LogP contribution in [0, 0.1) is 0 Å². The quantitative estimate of drug-likeness (QED) is 0.228. The number of nitrogen functional groups attached to an aromatic ring is 1. The lowest BCUT2D eigenvalue weighted by Crippen LogP contribution is -2.60. The van der Waals surface area contributed by atoms with Gasteiger partial charge >= 0.3 is 30.9 Å². The Hall–Kier alpha value is -3.89. The van der Waals surface area contributed by atoms with E-state index in [4.69, 9.17) is 22.0 Å². The van der Waals surface area contributed by atoms with Gasteiger partial charge in [-0.05, 0) is 25.0 Å². The van der Waals surface area contributed by atoms with E-state index in [0.717, 1.165) is 11.3 Å². The van der Waals surface area contributed by atoms with Crippen molar-refractivity contribution in [2.75, 3.05) is 25.4 Å². The molecule has 0 aliphatic carbocycles. The van der Waals surface area contributed by atoms with Crippen LogP contribution in [0.5, 0.6) is 5.75 Å². The highest BCUT2D eigenvalue weighted by Gasteiger charge is 2.41. The molecule has 2 aliphatic heterocycles. The number of carbonyl (C=O) groups is 5. The molecule has 17 heteroatoms. The number of nitrogens with two attached hydrogens (primary N) is 1. The lowest BCUT2D eigenvalue weighted by Gasteiger charge is -2.33. The first-order valence-electron chi connectivity index (χ1n) is 11.3. The third kappa shape index (κ3) is 5.23. The minimum Gasteiger partial charge on any atom is -0.534 e. The second-order valence-electron chi connectivity index (χ2n) is 8.38. The number of imide groups is 1. The molecular weight excluding hydrogens is 543 g/mol. The highest BCUT2D eigenvalue weighted by molar-refractivity contribution is 7.13. The molecule has 38 heavy (non-hydrogen) atoms. The van der Waals surface area contributed by atoms with Gasteiger partial charge in [-0.15, -0.1) is 11.3 Å². The van der Waals surface area contributed by atoms with Crippen LogP contribution >= 0.6 is 22.9 Å². The number of nitrogens with zero attached hydrogens (tertiary/aromatic N) is 3. The van der Waals surface area contributed by atoms with Crippen LogP contribution in [0.3, 0.4) is 0 Å². The molecule has 2 aromatic rings. The first-order chi connectivity index (χ1) is 18.0. The number of urea groups is 1. The summed E-state index contributed by atoms with van der Waals surface area (Å²) in [5, 5.41) is 26.4. The number of benzene rings is 1. The molecule has 1 aromatic carbocycles. The van der Waals surface area contributed by atoms with Crippen molar-refractivity contribution in [1.29, 1.82) is 0 Å². The summed E-state index contributed by atoms with van der Waals surface area (Å²) in [6, 6.07) is 0.434. The standard InChI is InChI=1S/C21H22BClN6O8S/c1-2-28-5-6-29(18(32)17(28)31)21(35)27-14(11-8-38-20(24)25-11)16(30)26-12-7-9-3-4-10(23)13(19(33)34)15(9)37-22(12)36/h3-4,8,12,14,36H,2,5-7H2,1H3,(H2,24,25)(H,26,30)(H,27,35)(H,33,34)/t12-,14?/m0/s1. The van der Waals surface area contributed by atoms with Crippen molar-refractivity contribution >= 4 is 64.9 Å². The topological polar surface area (TPSA) is 204 Å². The van der Waals surface area contributed by atoms with Gasteiger partial charge < -0.3 is 36.1 Å². The number of carboxylic acid groups (broad SMARTS) is 1. The molecule has 1 saturated heterocycles. The zero-order chi connectivity index (χ0) is 27.7. The Morgan fingerprint density at radius 2 is 2.05 bits per heavy atom. The largest absolute Gasteiger partial charge is 0.547 e. The van der Waals surface area contributed by atoms with Crippen LogP contribution in [0.15, 0.2) is 17.5 Å². The van der Waals surface area contributed by atoms with Crippen LogP contribution in [0.25, 0.3) is 0 Å². The number of anilines is 1. The number of carboxylic acids is 1. The molecule has 2 aliphatic rings. The van der Waals surface area contributed by atoms with E-state index in [1.807, 2.05) is 0 Å². The van der Waals surface area contributed by atoms with Gasteiger partial charge in [0.25, 0.3) is 0 Å². The van der Waals surface area contributed by atoms with Crippen LogP contribution in [0.2, 0.25) is 5.02 Å². The molecule has 1 fully saturated rings. The molecule has 3 heterocycles. The highest BCUT2D eigenvalue weighted by Crippen LogP contribution is 2.35. The predicted octanol–water partition coefficient (Wildman–Crippen LogP) is -0.342. The number of amides is 5. The summed E-state index contributed by atoms with van der Waals surface area (Å²) in [5.41, 5.74) is 5.82. The average molecular weight is 565 g/mol. The maximum absolute atomic E-state index is 13.3. The summed E-state index contributed by atoms with van der Waals surface area (Å²) in [6.45, 7) is 2.08. The third-order valence-electron chi connectivity index (χ3n) is 6.05. The number of aromatic nitrogens is 1. The monoisotopic (exact) mass is 564 g/mol. The van der Waals surface area contributed by atoms with E-state index in [1.54, 1.807) is 6.92 Å². The lowest BCUT2D eigenvalue weighted by atomic mass is 9.72. The highest BCUT2D eigenvalue weighted by atomic mass is 35.5. The van der Waals surface area contributed by atoms with Crippen LogP contribution in [0.1, 0.15) is 34.6 Å². The normalized spacial score (nSPS) is 18.0. The van der Waals surface area contributed by atoms with E-state index in [-0.39, 0.29) is 46.7 Å². The molecule has 6 N–H and O–H groups in total. The summed E-state index contributed by atoms with van der Waals surface area (Å²) >= 11 is 6.98. The average Bonchev–Trinajstić information content (AvgIpc) is 3.30. The molecule has 0 saturated carbocycles. The van der Waals surface area contributed by atoms with Crippen LogP contribution < -0.4 is 21.0 Å². The van der Waals surface area contributed by atoms with Crippen LogP contribution in [-0.2, 0) is 20.8 Å². The molecule has 0 bridgehead atoms. The molecule has 1 unspecified atom stereocenters. The summed E-state index contributed by atoms with van der Waals surface area (Å²) in [6.07, 6.45) is -0.0223. The number of piperazine rings is 1. The number of aromatic carboxylic acids is 1. The number of nitrogens with one attached hydrogen (secondary N) is 2. The Bertz CT molecular complexity index is 1320. The van der Waals surface area contributed by atoms with Crippen molar-refractivity contribution in [3.8, 4) is 5.75 Å². The van der Waals surface area contributed by atoms with Crippen molar-refractivity contribution in [1.82, 2.24) is 25.4 Å². The molecule has 0 spiro atoms. The predicted molar refractivity (Wildman–Crippen MR) is 134 cm³/mol. The van der Waals surface area contributed by atoms with Crippen molar-refractivity contribution < 1.29 is 38.8 Å². The number of fused-ring (bicyclic) bond motifs is 1. The Balaban J connectivity index is 1.54. The van der Waals surface area contributed by atoms with Gasteiger partial charge in [0, 0.05) is 25.0 Å². The van der Waals surface area contributed by atoms with Gasteiger partial charge in [0.15, 0.2) is 11.2 Å². The van der Waals surface area contributed by atoms with Gasteiger partial charge in [0.1, 0.15) is 11.3 Å². The fraction of sp³-hybridized carbons (Fsp3) is 0.333.